The Morgan fingerprint density at radius 1 is 1.19 bits per heavy atom. The zero-order chi connectivity index (χ0) is 13.0. The molecule has 0 aromatic rings. The third-order valence-corrected chi connectivity index (χ3v) is 1.77. The molecule has 16 heavy (non-hydrogen) atoms. The highest BCUT2D eigenvalue weighted by atomic mass is 35.5. The van der Waals surface area contributed by atoms with E-state index in [4.69, 9.17) is 21.3 Å². The van der Waals surface area contributed by atoms with E-state index < -0.39 is 17.6 Å². The lowest BCUT2D eigenvalue weighted by Gasteiger charge is -2.26. The molecular formula is C11H22ClNO3. The minimum Gasteiger partial charge on any atom is -0.459 e. The zero-order valence-corrected chi connectivity index (χ0v) is 11.6. The Morgan fingerprint density at radius 3 is 2.00 bits per heavy atom. The number of esters is 1. The molecule has 0 spiro atoms. The molecule has 96 valence electrons. The normalized spacial score (nSPS) is 14.7. The fourth-order valence-electron chi connectivity index (χ4n) is 0.850. The van der Waals surface area contributed by atoms with E-state index in [1.165, 1.54) is 0 Å². The lowest BCUT2D eigenvalue weighted by Crippen LogP contribution is -2.42. The molecule has 0 amide bonds. The first-order valence-corrected chi connectivity index (χ1v) is 5.66. The maximum atomic E-state index is 11.7. The summed E-state index contributed by atoms with van der Waals surface area (Å²) in [7, 11) is 0. The summed E-state index contributed by atoms with van der Waals surface area (Å²) in [5.41, 5.74) is -0.835. The smallest absolute Gasteiger partial charge is 0.327 e. The van der Waals surface area contributed by atoms with Crippen LogP contribution in [0.3, 0.4) is 0 Å². The first-order chi connectivity index (χ1) is 7.05. The van der Waals surface area contributed by atoms with Gasteiger partial charge in [-0.15, -0.1) is 0 Å². The standard InChI is InChI=1S/C11H22ClNO3/c1-10(2,3)15-7-8(13-12)9(14)16-11(4,5)6/h8,13H,7H2,1-6H3/t8-/m1/s1. The van der Waals surface area contributed by atoms with Crippen LogP contribution in [0.1, 0.15) is 41.5 Å². The summed E-state index contributed by atoms with van der Waals surface area (Å²) in [6.45, 7) is 11.3. The zero-order valence-electron chi connectivity index (χ0n) is 10.9. The molecule has 0 fully saturated rings. The molecule has 0 unspecified atom stereocenters. The SMILES string of the molecule is CC(C)(C)OC[C@@H](NCl)C(=O)OC(C)(C)C. The van der Waals surface area contributed by atoms with Crippen molar-refractivity contribution < 1.29 is 14.3 Å². The van der Waals surface area contributed by atoms with Crippen molar-refractivity contribution in [1.29, 1.82) is 0 Å². The van der Waals surface area contributed by atoms with E-state index in [1.807, 2.05) is 20.8 Å². The third kappa shape index (κ3) is 7.91. The summed E-state index contributed by atoms with van der Waals surface area (Å²) in [5, 5.41) is 0. The molecule has 0 aliphatic heterocycles. The van der Waals surface area contributed by atoms with Crippen molar-refractivity contribution in [3.63, 3.8) is 0 Å². The van der Waals surface area contributed by atoms with Crippen molar-refractivity contribution in [1.82, 2.24) is 4.84 Å². The molecule has 5 heteroatoms. The minimum absolute atomic E-state index is 0.182. The molecule has 0 radical (unpaired) electrons. The number of nitrogens with one attached hydrogen (secondary N) is 1. The highest BCUT2D eigenvalue weighted by molar-refractivity contribution is 6.14. The van der Waals surface area contributed by atoms with Crippen LogP contribution in [0.5, 0.6) is 0 Å². The summed E-state index contributed by atoms with van der Waals surface area (Å²) in [4.78, 5) is 14.0. The van der Waals surface area contributed by atoms with E-state index in [2.05, 4.69) is 4.84 Å². The van der Waals surface area contributed by atoms with Crippen molar-refractivity contribution >= 4 is 17.7 Å². The fraction of sp³-hybridized carbons (Fsp3) is 0.909. The lowest BCUT2D eigenvalue weighted by atomic mass is 10.2. The van der Waals surface area contributed by atoms with E-state index in [0.29, 0.717) is 0 Å². The van der Waals surface area contributed by atoms with Gasteiger partial charge in [0.2, 0.25) is 0 Å². The van der Waals surface area contributed by atoms with Gasteiger partial charge < -0.3 is 9.47 Å². The van der Waals surface area contributed by atoms with E-state index in [-0.39, 0.29) is 12.2 Å². The molecular weight excluding hydrogens is 230 g/mol. The Morgan fingerprint density at radius 2 is 1.69 bits per heavy atom. The highest BCUT2D eigenvalue weighted by Gasteiger charge is 2.26. The van der Waals surface area contributed by atoms with Crippen molar-refractivity contribution in [3.05, 3.63) is 0 Å². The van der Waals surface area contributed by atoms with Gasteiger partial charge >= 0.3 is 5.97 Å². The Hall–Kier alpha value is -0.320. The van der Waals surface area contributed by atoms with Gasteiger partial charge in [-0.2, -0.15) is 0 Å². The largest absolute Gasteiger partial charge is 0.459 e. The van der Waals surface area contributed by atoms with Crippen molar-refractivity contribution in [2.45, 2.75) is 58.8 Å². The second-order valence-corrected chi connectivity index (χ2v) is 5.84. The van der Waals surface area contributed by atoms with Gasteiger partial charge in [-0.3, -0.25) is 4.79 Å². The molecule has 4 nitrogen and oxygen atoms in total. The van der Waals surface area contributed by atoms with Crippen LogP contribution in [0.25, 0.3) is 0 Å². The van der Waals surface area contributed by atoms with Crippen LogP contribution in [0.15, 0.2) is 0 Å². The molecule has 0 rings (SSSR count). The number of carbonyl (C=O) groups is 1. The number of halogens is 1. The first-order valence-electron chi connectivity index (χ1n) is 5.28. The second kappa shape index (κ2) is 5.84. The van der Waals surface area contributed by atoms with Gasteiger partial charge in [0.15, 0.2) is 0 Å². The van der Waals surface area contributed by atoms with Gasteiger partial charge in [-0.25, -0.2) is 4.84 Å². The molecule has 0 aliphatic carbocycles. The third-order valence-electron chi connectivity index (χ3n) is 1.51. The molecule has 0 aromatic carbocycles. The van der Waals surface area contributed by atoms with E-state index in [0.717, 1.165) is 0 Å². The van der Waals surface area contributed by atoms with E-state index >= 15 is 0 Å². The molecule has 1 N–H and O–H groups in total. The molecule has 1 atom stereocenters. The molecule has 0 aromatic heterocycles. The van der Waals surface area contributed by atoms with Crippen LogP contribution in [0.2, 0.25) is 0 Å². The Labute approximate surface area is 103 Å². The van der Waals surface area contributed by atoms with Crippen LogP contribution in [-0.2, 0) is 14.3 Å². The highest BCUT2D eigenvalue weighted by Crippen LogP contribution is 2.11. The Kier molecular flexibility index (Phi) is 5.73. The van der Waals surface area contributed by atoms with Gasteiger partial charge in [-0.05, 0) is 53.3 Å². The van der Waals surface area contributed by atoms with E-state index in [1.54, 1.807) is 20.8 Å². The second-order valence-electron chi connectivity index (χ2n) is 5.62. The summed E-state index contributed by atoms with van der Waals surface area (Å²) >= 11 is 5.49. The summed E-state index contributed by atoms with van der Waals surface area (Å²) in [6, 6.07) is -0.653. The van der Waals surface area contributed by atoms with Gasteiger partial charge in [0.05, 0.1) is 12.2 Å². The predicted octanol–water partition coefficient (Wildman–Crippen LogP) is 2.26. The summed E-state index contributed by atoms with van der Waals surface area (Å²) < 4.78 is 10.7. The van der Waals surface area contributed by atoms with Crippen molar-refractivity contribution in [2.24, 2.45) is 0 Å². The number of hydrogen-bond acceptors (Lipinski definition) is 4. The molecule has 0 bridgehead atoms. The van der Waals surface area contributed by atoms with Crippen LogP contribution >= 0.6 is 11.8 Å². The van der Waals surface area contributed by atoms with Gasteiger partial charge in [0, 0.05) is 0 Å². The van der Waals surface area contributed by atoms with Crippen molar-refractivity contribution in [2.75, 3.05) is 6.61 Å². The lowest BCUT2D eigenvalue weighted by molar-refractivity contribution is -0.159. The van der Waals surface area contributed by atoms with Gasteiger partial charge in [-0.1, -0.05) is 0 Å². The quantitative estimate of drug-likeness (QED) is 0.615. The Balaban J connectivity index is 4.23. The number of carbonyl (C=O) groups excluding carboxylic acids is 1. The number of ether oxygens (including phenoxy) is 2. The number of rotatable bonds is 4. The van der Waals surface area contributed by atoms with Crippen molar-refractivity contribution in [3.8, 4) is 0 Å². The fourth-order valence-corrected chi connectivity index (χ4v) is 1.00. The summed E-state index contributed by atoms with van der Waals surface area (Å²) in [5.74, 6) is -0.410. The van der Waals surface area contributed by atoms with Gasteiger partial charge in [0.25, 0.3) is 0 Å². The topological polar surface area (TPSA) is 47.6 Å². The minimum atomic E-state index is -0.653. The van der Waals surface area contributed by atoms with E-state index in [9.17, 15) is 4.79 Å². The van der Waals surface area contributed by atoms with Crippen LogP contribution in [0.4, 0.5) is 0 Å². The molecule has 0 heterocycles. The maximum Gasteiger partial charge on any atom is 0.327 e. The average molecular weight is 252 g/mol. The maximum absolute atomic E-state index is 11.7. The first kappa shape index (κ1) is 15.7. The monoisotopic (exact) mass is 251 g/mol. The molecule has 0 saturated carbocycles. The predicted molar refractivity (Wildman–Crippen MR) is 64.3 cm³/mol. The summed E-state index contributed by atoms with van der Waals surface area (Å²) in [6.07, 6.45) is 0. The van der Waals surface area contributed by atoms with Crippen LogP contribution in [-0.4, -0.2) is 29.8 Å². The Bertz CT molecular complexity index is 230. The molecule has 0 aliphatic rings. The van der Waals surface area contributed by atoms with Gasteiger partial charge in [0.1, 0.15) is 11.6 Å². The average Bonchev–Trinajstić information content (AvgIpc) is 1.99. The number of hydrogen-bond donors (Lipinski definition) is 1. The van der Waals surface area contributed by atoms with Crippen LogP contribution in [0, 0.1) is 0 Å². The molecule has 0 saturated heterocycles. The van der Waals surface area contributed by atoms with Crippen LogP contribution < -0.4 is 4.84 Å².